The largest absolute Gasteiger partial charge is 0.356 e. The van der Waals surface area contributed by atoms with Gasteiger partial charge in [-0.15, -0.1) is 0 Å². The molecule has 0 saturated carbocycles. The molecule has 1 saturated heterocycles. The highest BCUT2D eigenvalue weighted by atomic mass is 16.1. The summed E-state index contributed by atoms with van der Waals surface area (Å²) in [5.41, 5.74) is 0. The van der Waals surface area contributed by atoms with E-state index in [4.69, 9.17) is 0 Å². The van der Waals surface area contributed by atoms with Gasteiger partial charge in [0.25, 0.3) is 0 Å². The number of rotatable bonds is 6. The van der Waals surface area contributed by atoms with Crippen molar-refractivity contribution in [1.82, 2.24) is 15.5 Å². The fourth-order valence-corrected chi connectivity index (χ4v) is 2.14. The van der Waals surface area contributed by atoms with Crippen molar-refractivity contribution in [2.75, 3.05) is 33.2 Å². The van der Waals surface area contributed by atoms with Gasteiger partial charge in [-0.25, -0.2) is 0 Å². The van der Waals surface area contributed by atoms with Crippen molar-refractivity contribution < 1.29 is 4.79 Å². The van der Waals surface area contributed by atoms with Gasteiger partial charge in [-0.05, 0) is 39.4 Å². The summed E-state index contributed by atoms with van der Waals surface area (Å²) < 4.78 is 0. The van der Waals surface area contributed by atoms with Crippen molar-refractivity contribution >= 4 is 5.91 Å². The normalized spacial score (nSPS) is 21.8. The third-order valence-electron chi connectivity index (χ3n) is 3.23. The first-order valence-electron chi connectivity index (χ1n) is 6.79. The predicted octanol–water partition coefficient (Wildman–Crippen LogP) is 0.833. The summed E-state index contributed by atoms with van der Waals surface area (Å²) in [6.45, 7) is 8.00. The van der Waals surface area contributed by atoms with Gasteiger partial charge in [0, 0.05) is 25.0 Å². The molecule has 0 spiro atoms. The van der Waals surface area contributed by atoms with Crippen LogP contribution in [0.25, 0.3) is 0 Å². The number of hydrogen-bond donors (Lipinski definition) is 2. The Morgan fingerprint density at radius 2 is 2.18 bits per heavy atom. The molecule has 1 unspecified atom stereocenters. The molecule has 1 fully saturated rings. The van der Waals surface area contributed by atoms with E-state index in [2.05, 4.69) is 22.6 Å². The molecule has 17 heavy (non-hydrogen) atoms. The van der Waals surface area contributed by atoms with Gasteiger partial charge in [-0.1, -0.05) is 13.8 Å². The highest BCUT2D eigenvalue weighted by molar-refractivity contribution is 5.77. The van der Waals surface area contributed by atoms with Crippen molar-refractivity contribution in [2.24, 2.45) is 5.92 Å². The molecule has 100 valence electrons. The predicted molar refractivity (Wildman–Crippen MR) is 71.0 cm³/mol. The van der Waals surface area contributed by atoms with Crippen molar-refractivity contribution in [3.63, 3.8) is 0 Å². The van der Waals surface area contributed by atoms with E-state index < -0.39 is 0 Å². The van der Waals surface area contributed by atoms with Gasteiger partial charge in [-0.3, -0.25) is 4.79 Å². The zero-order chi connectivity index (χ0) is 12.7. The zero-order valence-electron chi connectivity index (χ0n) is 11.5. The van der Waals surface area contributed by atoms with Crippen LogP contribution in [0.3, 0.4) is 0 Å². The van der Waals surface area contributed by atoms with E-state index in [0.29, 0.717) is 6.04 Å². The van der Waals surface area contributed by atoms with Crippen LogP contribution in [0.5, 0.6) is 0 Å². The molecule has 1 amide bonds. The molecule has 1 heterocycles. The van der Waals surface area contributed by atoms with E-state index in [0.717, 1.165) is 26.1 Å². The van der Waals surface area contributed by atoms with Gasteiger partial charge >= 0.3 is 0 Å². The van der Waals surface area contributed by atoms with Crippen LogP contribution in [0.1, 0.15) is 33.1 Å². The smallest absolute Gasteiger partial charge is 0.222 e. The van der Waals surface area contributed by atoms with Gasteiger partial charge in [-0.2, -0.15) is 0 Å². The molecule has 4 heteroatoms. The molecule has 4 nitrogen and oxygen atoms in total. The molecule has 1 rings (SSSR count). The summed E-state index contributed by atoms with van der Waals surface area (Å²) in [6, 6.07) is 0.634. The summed E-state index contributed by atoms with van der Waals surface area (Å²) in [5.74, 6) is 0.248. The second-order valence-corrected chi connectivity index (χ2v) is 5.35. The molecular formula is C13H27N3O. The Bertz CT molecular complexity index is 231. The van der Waals surface area contributed by atoms with E-state index in [-0.39, 0.29) is 11.8 Å². The summed E-state index contributed by atoms with van der Waals surface area (Å²) in [5, 5.41) is 6.50. The molecule has 0 radical (unpaired) electrons. The maximum Gasteiger partial charge on any atom is 0.222 e. The molecule has 0 aromatic heterocycles. The maximum absolute atomic E-state index is 11.3. The van der Waals surface area contributed by atoms with Gasteiger partial charge in [0.1, 0.15) is 0 Å². The Morgan fingerprint density at radius 1 is 1.41 bits per heavy atom. The molecule has 0 aromatic carbocycles. The van der Waals surface area contributed by atoms with Crippen LogP contribution in [0.2, 0.25) is 0 Å². The van der Waals surface area contributed by atoms with E-state index in [1.54, 1.807) is 0 Å². The molecule has 1 aliphatic heterocycles. The van der Waals surface area contributed by atoms with Crippen LogP contribution < -0.4 is 10.6 Å². The number of likely N-dealkylation sites (tertiary alicyclic amines) is 1. The third-order valence-corrected chi connectivity index (χ3v) is 3.23. The average Bonchev–Trinajstić information content (AvgIpc) is 2.28. The minimum absolute atomic E-state index is 0.0925. The monoisotopic (exact) mass is 241 g/mol. The molecule has 1 atom stereocenters. The number of carbonyl (C=O) groups excluding carboxylic acids is 1. The van der Waals surface area contributed by atoms with Gasteiger partial charge in [0.2, 0.25) is 5.91 Å². The Labute approximate surface area is 105 Å². The van der Waals surface area contributed by atoms with Crippen LogP contribution >= 0.6 is 0 Å². The molecule has 2 N–H and O–H groups in total. The van der Waals surface area contributed by atoms with Crippen LogP contribution in [-0.4, -0.2) is 50.1 Å². The van der Waals surface area contributed by atoms with Gasteiger partial charge < -0.3 is 15.5 Å². The Morgan fingerprint density at radius 3 is 2.82 bits per heavy atom. The fourth-order valence-electron chi connectivity index (χ4n) is 2.14. The number of nitrogens with zero attached hydrogens (tertiary/aromatic N) is 1. The average molecular weight is 241 g/mol. The lowest BCUT2D eigenvalue weighted by molar-refractivity contribution is -0.123. The summed E-state index contributed by atoms with van der Waals surface area (Å²) in [7, 11) is 2.18. The van der Waals surface area contributed by atoms with Crippen molar-refractivity contribution in [3.8, 4) is 0 Å². The minimum atomic E-state index is 0.0925. The topological polar surface area (TPSA) is 44.4 Å². The van der Waals surface area contributed by atoms with E-state index in [9.17, 15) is 4.79 Å². The summed E-state index contributed by atoms with van der Waals surface area (Å²) in [4.78, 5) is 13.7. The number of piperidine rings is 1. The van der Waals surface area contributed by atoms with Crippen LogP contribution in [-0.2, 0) is 4.79 Å². The molecular weight excluding hydrogens is 214 g/mol. The number of hydrogen-bond acceptors (Lipinski definition) is 3. The lowest BCUT2D eigenvalue weighted by atomic mass is 10.1. The Kier molecular flexibility index (Phi) is 6.52. The number of carbonyl (C=O) groups is 1. The van der Waals surface area contributed by atoms with Crippen LogP contribution in [0.15, 0.2) is 0 Å². The highest BCUT2D eigenvalue weighted by Gasteiger charge is 2.15. The third kappa shape index (κ3) is 6.03. The minimum Gasteiger partial charge on any atom is -0.356 e. The van der Waals surface area contributed by atoms with Crippen LogP contribution in [0.4, 0.5) is 0 Å². The Hall–Kier alpha value is -0.610. The first-order valence-corrected chi connectivity index (χ1v) is 6.79. The lowest BCUT2D eigenvalue weighted by Gasteiger charge is -2.30. The Balaban J connectivity index is 1.98. The highest BCUT2D eigenvalue weighted by Crippen LogP contribution is 2.07. The second-order valence-electron chi connectivity index (χ2n) is 5.35. The van der Waals surface area contributed by atoms with Crippen molar-refractivity contribution in [1.29, 1.82) is 0 Å². The number of likely N-dealkylation sites (N-methyl/N-ethyl adjacent to an activating group) is 1. The number of nitrogens with one attached hydrogen (secondary N) is 2. The van der Waals surface area contributed by atoms with Gasteiger partial charge in [0.15, 0.2) is 0 Å². The van der Waals surface area contributed by atoms with E-state index >= 15 is 0 Å². The van der Waals surface area contributed by atoms with E-state index in [1.165, 1.54) is 19.4 Å². The van der Waals surface area contributed by atoms with Gasteiger partial charge in [0.05, 0.1) is 0 Å². The van der Waals surface area contributed by atoms with Crippen LogP contribution in [0, 0.1) is 5.92 Å². The molecule has 1 aliphatic rings. The molecule has 0 aliphatic carbocycles. The molecule has 0 aromatic rings. The van der Waals surface area contributed by atoms with Crippen molar-refractivity contribution in [2.45, 2.75) is 39.2 Å². The number of amides is 1. The quantitative estimate of drug-likeness (QED) is 0.677. The molecule has 0 bridgehead atoms. The second kappa shape index (κ2) is 7.67. The first kappa shape index (κ1) is 14.5. The first-order chi connectivity index (χ1) is 8.09. The lowest BCUT2D eigenvalue weighted by Crippen LogP contribution is -2.44. The van der Waals surface area contributed by atoms with Crippen molar-refractivity contribution in [3.05, 3.63) is 0 Å². The fraction of sp³-hybridized carbons (Fsp3) is 0.923. The van der Waals surface area contributed by atoms with E-state index in [1.807, 2.05) is 13.8 Å². The summed E-state index contributed by atoms with van der Waals surface area (Å²) >= 11 is 0. The summed E-state index contributed by atoms with van der Waals surface area (Å²) in [6.07, 6.45) is 3.58. The zero-order valence-corrected chi connectivity index (χ0v) is 11.5. The standard InChI is InChI=1S/C13H27N3O/c1-11(2)13(17)15-8-5-7-14-12-6-4-9-16(3)10-12/h11-12,14H,4-10H2,1-3H3,(H,15,17). The SMILES string of the molecule is CC(C)C(=O)NCCCNC1CCCN(C)C1. The maximum atomic E-state index is 11.3.